The fraction of sp³-hybridized carbons (Fsp3) is 0.625. The van der Waals surface area contributed by atoms with Crippen LogP contribution in [-0.4, -0.2) is 56.0 Å². The van der Waals surface area contributed by atoms with Gasteiger partial charge in [-0.15, -0.1) is 0 Å². The van der Waals surface area contributed by atoms with Crippen molar-refractivity contribution in [3.8, 4) is 17.2 Å². The standard InChI is InChI=1S/C16H24O6/c1-19-13-7-14(20-2)9-15(8-13)22-11-12(17)10-16(18)3-5-21-6-4-16/h7-9,12,17-18H,3-6,10-11H2,1-2H3. The summed E-state index contributed by atoms with van der Waals surface area (Å²) in [4.78, 5) is 0. The molecule has 0 bridgehead atoms. The molecule has 1 heterocycles. The minimum absolute atomic E-state index is 0.0967. The predicted molar refractivity (Wildman–Crippen MR) is 80.7 cm³/mol. The Morgan fingerprint density at radius 1 is 1.09 bits per heavy atom. The van der Waals surface area contributed by atoms with Gasteiger partial charge in [-0.25, -0.2) is 0 Å². The second kappa shape index (κ2) is 7.67. The number of rotatable bonds is 7. The third-order valence-corrected chi connectivity index (χ3v) is 3.81. The fourth-order valence-electron chi connectivity index (χ4n) is 2.51. The molecule has 124 valence electrons. The number of methoxy groups -OCH3 is 2. The fourth-order valence-corrected chi connectivity index (χ4v) is 2.51. The number of ether oxygens (including phenoxy) is 4. The Bertz CT molecular complexity index is 447. The summed E-state index contributed by atoms with van der Waals surface area (Å²) in [5.41, 5.74) is -0.868. The highest BCUT2D eigenvalue weighted by Gasteiger charge is 2.32. The predicted octanol–water partition coefficient (Wildman–Crippen LogP) is 1.38. The van der Waals surface area contributed by atoms with Crippen molar-refractivity contribution in [3.63, 3.8) is 0 Å². The molecular weight excluding hydrogens is 288 g/mol. The van der Waals surface area contributed by atoms with E-state index in [2.05, 4.69) is 0 Å². The maximum Gasteiger partial charge on any atom is 0.126 e. The molecule has 1 aliphatic rings. The van der Waals surface area contributed by atoms with Gasteiger partial charge < -0.3 is 29.2 Å². The molecule has 0 aromatic heterocycles. The summed E-state index contributed by atoms with van der Waals surface area (Å²) >= 11 is 0. The Morgan fingerprint density at radius 3 is 2.18 bits per heavy atom. The zero-order valence-electron chi connectivity index (χ0n) is 13.1. The maximum atomic E-state index is 10.4. The first-order valence-corrected chi connectivity index (χ1v) is 7.39. The molecule has 2 N–H and O–H groups in total. The van der Waals surface area contributed by atoms with Crippen molar-refractivity contribution in [2.45, 2.75) is 31.0 Å². The van der Waals surface area contributed by atoms with Crippen molar-refractivity contribution in [2.24, 2.45) is 0 Å². The Labute approximate surface area is 130 Å². The van der Waals surface area contributed by atoms with Gasteiger partial charge in [-0.2, -0.15) is 0 Å². The summed E-state index contributed by atoms with van der Waals surface area (Å²) < 4.78 is 21.1. The van der Waals surface area contributed by atoms with E-state index in [9.17, 15) is 10.2 Å². The summed E-state index contributed by atoms with van der Waals surface area (Å²) in [6.45, 7) is 1.15. The topological polar surface area (TPSA) is 77.4 Å². The maximum absolute atomic E-state index is 10.4. The average molecular weight is 312 g/mol. The number of aliphatic hydroxyl groups is 2. The lowest BCUT2D eigenvalue weighted by atomic mass is 9.88. The van der Waals surface area contributed by atoms with Crippen LogP contribution in [0.25, 0.3) is 0 Å². The lowest BCUT2D eigenvalue weighted by Crippen LogP contribution is -2.40. The Balaban J connectivity index is 1.89. The van der Waals surface area contributed by atoms with Gasteiger partial charge in [0.2, 0.25) is 0 Å². The highest BCUT2D eigenvalue weighted by atomic mass is 16.5. The average Bonchev–Trinajstić information content (AvgIpc) is 2.52. The van der Waals surface area contributed by atoms with E-state index in [1.54, 1.807) is 32.4 Å². The van der Waals surface area contributed by atoms with Gasteiger partial charge >= 0.3 is 0 Å². The Hall–Kier alpha value is -1.50. The summed E-state index contributed by atoms with van der Waals surface area (Å²) in [5.74, 6) is 1.79. The van der Waals surface area contributed by atoms with Crippen LogP contribution in [-0.2, 0) is 4.74 Å². The molecule has 1 atom stereocenters. The smallest absolute Gasteiger partial charge is 0.126 e. The van der Waals surface area contributed by atoms with Gasteiger partial charge in [0.1, 0.15) is 23.9 Å². The second-order valence-corrected chi connectivity index (χ2v) is 5.55. The molecule has 0 radical (unpaired) electrons. The molecule has 0 aliphatic carbocycles. The van der Waals surface area contributed by atoms with E-state index >= 15 is 0 Å². The third kappa shape index (κ3) is 4.76. The van der Waals surface area contributed by atoms with Crippen molar-refractivity contribution < 1.29 is 29.2 Å². The molecule has 1 aromatic rings. The van der Waals surface area contributed by atoms with E-state index in [0.717, 1.165) is 0 Å². The normalized spacial score (nSPS) is 18.5. The molecule has 0 saturated carbocycles. The van der Waals surface area contributed by atoms with Crippen LogP contribution in [0, 0.1) is 0 Å². The van der Waals surface area contributed by atoms with Crippen molar-refractivity contribution >= 4 is 0 Å². The van der Waals surface area contributed by atoms with E-state index in [-0.39, 0.29) is 13.0 Å². The van der Waals surface area contributed by atoms with E-state index in [1.165, 1.54) is 0 Å². The van der Waals surface area contributed by atoms with Crippen molar-refractivity contribution in [3.05, 3.63) is 18.2 Å². The van der Waals surface area contributed by atoms with Crippen LogP contribution < -0.4 is 14.2 Å². The van der Waals surface area contributed by atoms with E-state index < -0.39 is 11.7 Å². The molecule has 0 amide bonds. The number of benzene rings is 1. The van der Waals surface area contributed by atoms with Gasteiger partial charge in [-0.1, -0.05) is 0 Å². The summed E-state index contributed by atoms with van der Waals surface area (Å²) in [6.07, 6.45) is 0.603. The minimum Gasteiger partial charge on any atom is -0.496 e. The van der Waals surface area contributed by atoms with Crippen LogP contribution in [0.3, 0.4) is 0 Å². The quantitative estimate of drug-likeness (QED) is 0.792. The first-order valence-electron chi connectivity index (χ1n) is 7.39. The van der Waals surface area contributed by atoms with E-state index in [0.29, 0.717) is 43.3 Å². The second-order valence-electron chi connectivity index (χ2n) is 5.55. The molecule has 1 aliphatic heterocycles. The van der Waals surface area contributed by atoms with Gasteiger partial charge in [0.15, 0.2) is 0 Å². The molecule has 22 heavy (non-hydrogen) atoms. The number of hydrogen-bond donors (Lipinski definition) is 2. The molecule has 6 heteroatoms. The van der Waals surface area contributed by atoms with Gasteiger partial charge in [-0.05, 0) is 12.8 Å². The van der Waals surface area contributed by atoms with Gasteiger partial charge in [0.05, 0.1) is 25.9 Å². The van der Waals surface area contributed by atoms with Crippen LogP contribution in [0.4, 0.5) is 0 Å². The Kier molecular flexibility index (Phi) is 5.88. The summed E-state index contributed by atoms with van der Waals surface area (Å²) in [5, 5.41) is 20.5. The summed E-state index contributed by atoms with van der Waals surface area (Å²) in [7, 11) is 3.13. The van der Waals surface area contributed by atoms with Gasteiger partial charge in [0, 0.05) is 37.8 Å². The Morgan fingerprint density at radius 2 is 1.64 bits per heavy atom. The molecule has 1 fully saturated rings. The molecule has 1 saturated heterocycles. The number of hydrogen-bond acceptors (Lipinski definition) is 6. The lowest BCUT2D eigenvalue weighted by Gasteiger charge is -2.33. The lowest BCUT2D eigenvalue weighted by molar-refractivity contribution is -0.0906. The van der Waals surface area contributed by atoms with Crippen LogP contribution in [0.1, 0.15) is 19.3 Å². The van der Waals surface area contributed by atoms with Crippen LogP contribution in [0.5, 0.6) is 17.2 Å². The highest BCUT2D eigenvalue weighted by molar-refractivity contribution is 5.41. The van der Waals surface area contributed by atoms with Crippen LogP contribution in [0.2, 0.25) is 0 Å². The first-order chi connectivity index (χ1) is 10.5. The third-order valence-electron chi connectivity index (χ3n) is 3.81. The highest BCUT2D eigenvalue weighted by Crippen LogP contribution is 2.29. The molecule has 6 nitrogen and oxygen atoms in total. The zero-order valence-corrected chi connectivity index (χ0v) is 13.1. The molecule has 0 spiro atoms. The van der Waals surface area contributed by atoms with Crippen LogP contribution in [0.15, 0.2) is 18.2 Å². The van der Waals surface area contributed by atoms with E-state index in [1.807, 2.05) is 0 Å². The molecule has 1 aromatic carbocycles. The monoisotopic (exact) mass is 312 g/mol. The minimum atomic E-state index is -0.868. The zero-order chi connectivity index (χ0) is 16.0. The van der Waals surface area contributed by atoms with Gasteiger partial charge in [-0.3, -0.25) is 0 Å². The van der Waals surface area contributed by atoms with Crippen LogP contribution >= 0.6 is 0 Å². The SMILES string of the molecule is COc1cc(OC)cc(OCC(O)CC2(O)CCOCC2)c1. The van der Waals surface area contributed by atoms with Crippen molar-refractivity contribution in [1.29, 1.82) is 0 Å². The van der Waals surface area contributed by atoms with Gasteiger partial charge in [0.25, 0.3) is 0 Å². The number of aliphatic hydroxyl groups excluding tert-OH is 1. The van der Waals surface area contributed by atoms with Crippen molar-refractivity contribution in [2.75, 3.05) is 34.0 Å². The largest absolute Gasteiger partial charge is 0.496 e. The molecule has 2 rings (SSSR count). The van der Waals surface area contributed by atoms with Crippen molar-refractivity contribution in [1.82, 2.24) is 0 Å². The molecular formula is C16H24O6. The molecule has 1 unspecified atom stereocenters. The first kappa shape index (κ1) is 16.9. The summed E-state index contributed by atoms with van der Waals surface area (Å²) in [6, 6.07) is 5.19. The van der Waals surface area contributed by atoms with E-state index in [4.69, 9.17) is 18.9 Å².